The third kappa shape index (κ3) is 1.47. The van der Waals surface area contributed by atoms with E-state index in [1.807, 2.05) is 0 Å². The molecule has 0 aliphatic carbocycles. The van der Waals surface area contributed by atoms with Crippen LogP contribution in [0.4, 0.5) is 0 Å². The number of pyridine rings is 1. The minimum atomic E-state index is -4.24. The molecule has 1 aromatic heterocycles. The summed E-state index contributed by atoms with van der Waals surface area (Å²) in [6.07, 6.45) is 1.35. The van der Waals surface area contributed by atoms with E-state index in [4.69, 9.17) is 4.55 Å². The summed E-state index contributed by atoms with van der Waals surface area (Å²) in [5.41, 5.74) is 0. The predicted molar refractivity (Wildman–Crippen MR) is 51.6 cm³/mol. The van der Waals surface area contributed by atoms with Gasteiger partial charge in [-0.05, 0) is 11.5 Å². The molecule has 2 aromatic rings. The monoisotopic (exact) mass is 209 g/mol. The lowest BCUT2D eigenvalue weighted by atomic mass is 10.2. The summed E-state index contributed by atoms with van der Waals surface area (Å²) in [6, 6.07) is 8.52. The molecule has 5 heteroatoms. The first-order valence-corrected chi connectivity index (χ1v) is 5.34. The zero-order valence-electron chi connectivity index (χ0n) is 7.08. The van der Waals surface area contributed by atoms with Crippen LogP contribution in [-0.2, 0) is 10.1 Å². The first-order chi connectivity index (χ1) is 6.59. The van der Waals surface area contributed by atoms with Crippen molar-refractivity contribution >= 4 is 20.9 Å². The summed E-state index contributed by atoms with van der Waals surface area (Å²) < 4.78 is 30.8. The second-order valence-electron chi connectivity index (χ2n) is 2.81. The van der Waals surface area contributed by atoms with Gasteiger partial charge in [-0.3, -0.25) is 4.55 Å². The lowest BCUT2D eigenvalue weighted by molar-refractivity contribution is 0.480. The average molecular weight is 209 g/mol. The van der Waals surface area contributed by atoms with Crippen LogP contribution in [-0.4, -0.2) is 18.0 Å². The van der Waals surface area contributed by atoms with Crippen LogP contribution < -0.4 is 0 Å². The quantitative estimate of drug-likeness (QED) is 0.722. The van der Waals surface area contributed by atoms with Crippen LogP contribution in [0.15, 0.2) is 41.6 Å². The Kier molecular flexibility index (Phi) is 1.98. The molecule has 14 heavy (non-hydrogen) atoms. The highest BCUT2D eigenvalue weighted by atomic mass is 32.2. The number of nitrogens with zero attached hydrogens (tertiary/aromatic N) is 1. The van der Waals surface area contributed by atoms with Crippen molar-refractivity contribution in [2.24, 2.45) is 0 Å². The van der Waals surface area contributed by atoms with Crippen molar-refractivity contribution in [3.05, 3.63) is 36.5 Å². The molecule has 4 nitrogen and oxygen atoms in total. The molecule has 0 spiro atoms. The van der Waals surface area contributed by atoms with Crippen LogP contribution >= 0.6 is 0 Å². The summed E-state index contributed by atoms with van der Waals surface area (Å²) in [5.74, 6) is 0. The van der Waals surface area contributed by atoms with Crippen LogP contribution in [0.25, 0.3) is 10.8 Å². The summed E-state index contributed by atoms with van der Waals surface area (Å²) in [7, 11) is -4.24. The van der Waals surface area contributed by atoms with Crippen molar-refractivity contribution in [3.8, 4) is 0 Å². The lowest BCUT2D eigenvalue weighted by Gasteiger charge is -2.00. The van der Waals surface area contributed by atoms with Crippen LogP contribution in [0, 0.1) is 0 Å². The Bertz CT molecular complexity index is 572. The number of aromatic nitrogens is 1. The van der Waals surface area contributed by atoms with Crippen molar-refractivity contribution < 1.29 is 13.0 Å². The molecule has 0 fully saturated rings. The fraction of sp³-hybridized carbons (Fsp3) is 0. The van der Waals surface area contributed by atoms with Crippen molar-refractivity contribution in [2.75, 3.05) is 0 Å². The van der Waals surface area contributed by atoms with Crippen LogP contribution in [0.3, 0.4) is 0 Å². The van der Waals surface area contributed by atoms with Gasteiger partial charge in [0.05, 0.1) is 0 Å². The van der Waals surface area contributed by atoms with E-state index in [1.165, 1.54) is 6.20 Å². The minimum absolute atomic E-state index is 0.296. The standard InChI is InChI=1S/C9H7NO3S/c11-14(12,13)9-8-4-2-1-3-7(8)5-6-10-9/h1-6H,(H,11,12,13). The number of fused-ring (bicyclic) bond motifs is 1. The summed E-state index contributed by atoms with van der Waals surface area (Å²) in [5, 5.41) is 0.864. The van der Waals surface area contributed by atoms with Crippen molar-refractivity contribution in [1.82, 2.24) is 4.98 Å². The van der Waals surface area contributed by atoms with Gasteiger partial charge >= 0.3 is 10.1 Å². The molecule has 1 heterocycles. The van der Waals surface area contributed by atoms with Gasteiger partial charge < -0.3 is 0 Å². The lowest BCUT2D eigenvalue weighted by Crippen LogP contribution is -2.01. The topological polar surface area (TPSA) is 67.3 Å². The predicted octanol–water partition coefficient (Wildman–Crippen LogP) is 1.48. The molecule has 0 saturated carbocycles. The molecule has 72 valence electrons. The zero-order valence-corrected chi connectivity index (χ0v) is 7.90. The molecule has 0 atom stereocenters. The SMILES string of the molecule is O=S(=O)(O)c1nccc2ccccc12. The molecule has 0 aliphatic heterocycles. The van der Waals surface area contributed by atoms with Crippen LogP contribution in [0.5, 0.6) is 0 Å². The van der Waals surface area contributed by atoms with Gasteiger partial charge in [-0.15, -0.1) is 0 Å². The molecule has 0 saturated heterocycles. The maximum atomic E-state index is 10.9. The van der Waals surface area contributed by atoms with Gasteiger partial charge in [-0.1, -0.05) is 24.3 Å². The first kappa shape index (κ1) is 9.11. The Morgan fingerprint density at radius 2 is 1.86 bits per heavy atom. The zero-order chi connectivity index (χ0) is 10.2. The highest BCUT2D eigenvalue weighted by Gasteiger charge is 2.14. The molecule has 0 unspecified atom stereocenters. The molecule has 1 N–H and O–H groups in total. The highest BCUT2D eigenvalue weighted by Crippen LogP contribution is 2.19. The van der Waals surface area contributed by atoms with Gasteiger partial charge in [-0.25, -0.2) is 4.98 Å². The molecule has 0 aliphatic rings. The van der Waals surface area contributed by atoms with Gasteiger partial charge in [0, 0.05) is 11.6 Å². The number of hydrogen-bond acceptors (Lipinski definition) is 3. The first-order valence-electron chi connectivity index (χ1n) is 3.90. The Morgan fingerprint density at radius 3 is 2.57 bits per heavy atom. The fourth-order valence-corrected chi connectivity index (χ4v) is 1.96. The Morgan fingerprint density at radius 1 is 1.14 bits per heavy atom. The molecule has 0 bridgehead atoms. The Labute approximate surface area is 81.0 Å². The summed E-state index contributed by atoms with van der Waals surface area (Å²) in [6.45, 7) is 0. The van der Waals surface area contributed by atoms with Crippen LogP contribution in [0.1, 0.15) is 0 Å². The second kappa shape index (κ2) is 3.04. The third-order valence-electron chi connectivity index (χ3n) is 1.88. The minimum Gasteiger partial charge on any atom is -0.281 e. The Balaban J connectivity index is 2.92. The van der Waals surface area contributed by atoms with Gasteiger partial charge in [0.15, 0.2) is 5.03 Å². The van der Waals surface area contributed by atoms with E-state index < -0.39 is 10.1 Å². The van der Waals surface area contributed by atoms with Crippen molar-refractivity contribution in [3.63, 3.8) is 0 Å². The molecular weight excluding hydrogens is 202 g/mol. The molecule has 0 amide bonds. The molecule has 1 aromatic carbocycles. The van der Waals surface area contributed by atoms with Gasteiger partial charge in [0.1, 0.15) is 0 Å². The van der Waals surface area contributed by atoms with Crippen LogP contribution in [0.2, 0.25) is 0 Å². The highest BCUT2D eigenvalue weighted by molar-refractivity contribution is 7.86. The van der Waals surface area contributed by atoms with E-state index >= 15 is 0 Å². The number of hydrogen-bond donors (Lipinski definition) is 1. The Hall–Kier alpha value is -1.46. The molecule has 0 radical (unpaired) electrons. The molecule has 2 rings (SSSR count). The number of benzene rings is 1. The normalized spacial score (nSPS) is 11.8. The van der Waals surface area contributed by atoms with Gasteiger partial charge in [-0.2, -0.15) is 8.42 Å². The largest absolute Gasteiger partial charge is 0.312 e. The third-order valence-corrected chi connectivity index (χ3v) is 2.70. The van der Waals surface area contributed by atoms with Crippen molar-refractivity contribution in [2.45, 2.75) is 5.03 Å². The second-order valence-corrected chi connectivity index (χ2v) is 4.15. The van der Waals surface area contributed by atoms with E-state index in [0.29, 0.717) is 5.39 Å². The van der Waals surface area contributed by atoms with Gasteiger partial charge in [0.2, 0.25) is 0 Å². The van der Waals surface area contributed by atoms with E-state index in [-0.39, 0.29) is 5.03 Å². The fourth-order valence-electron chi connectivity index (χ4n) is 1.30. The smallest absolute Gasteiger partial charge is 0.281 e. The number of rotatable bonds is 1. The van der Waals surface area contributed by atoms with Gasteiger partial charge in [0.25, 0.3) is 0 Å². The average Bonchev–Trinajstić information content (AvgIpc) is 2.15. The summed E-state index contributed by atoms with van der Waals surface area (Å²) >= 11 is 0. The van der Waals surface area contributed by atoms with E-state index in [9.17, 15) is 8.42 Å². The van der Waals surface area contributed by atoms with E-state index in [0.717, 1.165) is 5.39 Å². The maximum absolute atomic E-state index is 10.9. The van der Waals surface area contributed by atoms with Crippen molar-refractivity contribution in [1.29, 1.82) is 0 Å². The molecular formula is C9H7NO3S. The summed E-state index contributed by atoms with van der Waals surface area (Å²) in [4.78, 5) is 3.64. The van der Waals surface area contributed by atoms with E-state index in [1.54, 1.807) is 30.3 Å². The van der Waals surface area contributed by atoms with E-state index in [2.05, 4.69) is 4.98 Å². The maximum Gasteiger partial charge on any atom is 0.312 e.